The fourth-order valence-corrected chi connectivity index (χ4v) is 0.866. The van der Waals surface area contributed by atoms with E-state index in [4.69, 9.17) is 10.2 Å². The van der Waals surface area contributed by atoms with Gasteiger partial charge in [0.25, 0.3) is 0 Å². The number of carbonyl (C=O) groups is 1. The SMILES string of the molecule is COC(=O)CC(N)c1ccco1.Cl. The summed E-state index contributed by atoms with van der Waals surface area (Å²) in [6.45, 7) is 0. The summed E-state index contributed by atoms with van der Waals surface area (Å²) in [5.41, 5.74) is 5.62. The van der Waals surface area contributed by atoms with Crippen LogP contribution >= 0.6 is 12.4 Å². The fraction of sp³-hybridized carbons (Fsp3) is 0.375. The Balaban J connectivity index is 0.00000144. The third-order valence-electron chi connectivity index (χ3n) is 1.52. The minimum absolute atomic E-state index is 0. The number of furan rings is 1. The minimum Gasteiger partial charge on any atom is -0.469 e. The second-order valence-electron chi connectivity index (χ2n) is 2.40. The lowest BCUT2D eigenvalue weighted by molar-refractivity contribution is -0.141. The van der Waals surface area contributed by atoms with E-state index >= 15 is 0 Å². The highest BCUT2D eigenvalue weighted by Gasteiger charge is 2.13. The molecule has 1 atom stereocenters. The molecule has 0 aromatic carbocycles. The molecule has 0 aliphatic carbocycles. The summed E-state index contributed by atoms with van der Waals surface area (Å²) in [5.74, 6) is 0.263. The van der Waals surface area contributed by atoms with Crippen molar-refractivity contribution in [3.63, 3.8) is 0 Å². The zero-order valence-electron chi connectivity index (χ0n) is 7.23. The van der Waals surface area contributed by atoms with E-state index in [1.54, 1.807) is 12.1 Å². The fourth-order valence-electron chi connectivity index (χ4n) is 0.866. The molecule has 0 saturated carbocycles. The van der Waals surface area contributed by atoms with E-state index < -0.39 is 6.04 Å². The van der Waals surface area contributed by atoms with Crippen LogP contribution in [0.3, 0.4) is 0 Å². The second-order valence-corrected chi connectivity index (χ2v) is 2.40. The molecule has 2 N–H and O–H groups in total. The Morgan fingerprint density at radius 2 is 2.46 bits per heavy atom. The predicted molar refractivity (Wildman–Crippen MR) is 49.5 cm³/mol. The van der Waals surface area contributed by atoms with Crippen LogP contribution in [0.2, 0.25) is 0 Å². The van der Waals surface area contributed by atoms with E-state index in [0.717, 1.165) is 0 Å². The minimum atomic E-state index is -0.410. The molecular formula is C8H12ClNO3. The first-order valence-corrected chi connectivity index (χ1v) is 3.60. The van der Waals surface area contributed by atoms with E-state index in [2.05, 4.69) is 4.74 Å². The van der Waals surface area contributed by atoms with E-state index in [0.29, 0.717) is 5.76 Å². The largest absolute Gasteiger partial charge is 0.469 e. The number of nitrogens with two attached hydrogens (primary N) is 1. The average Bonchev–Trinajstić information content (AvgIpc) is 2.56. The number of esters is 1. The van der Waals surface area contributed by atoms with Gasteiger partial charge in [0.15, 0.2) is 0 Å². The van der Waals surface area contributed by atoms with Crippen molar-refractivity contribution in [3.8, 4) is 0 Å². The van der Waals surface area contributed by atoms with Crippen molar-refractivity contribution < 1.29 is 13.9 Å². The van der Waals surface area contributed by atoms with Gasteiger partial charge in [-0.1, -0.05) is 0 Å². The maximum atomic E-state index is 10.8. The van der Waals surface area contributed by atoms with Gasteiger partial charge in [0.2, 0.25) is 0 Å². The molecule has 0 bridgehead atoms. The van der Waals surface area contributed by atoms with Crippen molar-refractivity contribution in [1.29, 1.82) is 0 Å². The van der Waals surface area contributed by atoms with Gasteiger partial charge in [-0.2, -0.15) is 0 Å². The van der Waals surface area contributed by atoms with Crippen molar-refractivity contribution in [1.82, 2.24) is 0 Å². The number of halogens is 1. The Kier molecular flexibility index (Phi) is 5.18. The molecule has 1 rings (SSSR count). The molecular weight excluding hydrogens is 194 g/mol. The topological polar surface area (TPSA) is 65.5 Å². The smallest absolute Gasteiger partial charge is 0.307 e. The third kappa shape index (κ3) is 3.48. The van der Waals surface area contributed by atoms with E-state index in [1.165, 1.54) is 13.4 Å². The van der Waals surface area contributed by atoms with Gasteiger partial charge in [0.05, 0.1) is 25.8 Å². The van der Waals surface area contributed by atoms with Crippen molar-refractivity contribution in [2.24, 2.45) is 5.73 Å². The third-order valence-corrected chi connectivity index (χ3v) is 1.52. The number of carbonyl (C=O) groups excluding carboxylic acids is 1. The molecule has 0 radical (unpaired) electrons. The summed E-state index contributed by atoms with van der Waals surface area (Å²) in [7, 11) is 1.33. The average molecular weight is 206 g/mol. The Bertz CT molecular complexity index is 248. The number of hydrogen-bond donors (Lipinski definition) is 1. The Hall–Kier alpha value is -1.00. The lowest BCUT2D eigenvalue weighted by atomic mass is 10.2. The summed E-state index contributed by atoms with van der Waals surface area (Å²) in [6.07, 6.45) is 1.66. The van der Waals surface area contributed by atoms with Gasteiger partial charge < -0.3 is 14.9 Å². The predicted octanol–water partition coefficient (Wildman–Crippen LogP) is 1.26. The molecule has 0 amide bonds. The molecule has 1 unspecified atom stereocenters. The van der Waals surface area contributed by atoms with Gasteiger partial charge in [0.1, 0.15) is 5.76 Å². The molecule has 1 heterocycles. The molecule has 13 heavy (non-hydrogen) atoms. The van der Waals surface area contributed by atoms with Gasteiger partial charge in [-0.05, 0) is 12.1 Å². The lowest BCUT2D eigenvalue weighted by Gasteiger charge is -2.05. The second kappa shape index (κ2) is 5.61. The van der Waals surface area contributed by atoms with Crippen molar-refractivity contribution >= 4 is 18.4 Å². The van der Waals surface area contributed by atoms with Crippen LogP contribution < -0.4 is 5.73 Å². The molecule has 0 fully saturated rings. The van der Waals surface area contributed by atoms with E-state index in [1.807, 2.05) is 0 Å². The van der Waals surface area contributed by atoms with Crippen molar-refractivity contribution in [2.75, 3.05) is 7.11 Å². The van der Waals surface area contributed by atoms with Gasteiger partial charge in [-0.25, -0.2) is 0 Å². The van der Waals surface area contributed by atoms with Crippen LogP contribution in [-0.2, 0) is 9.53 Å². The summed E-state index contributed by atoms with van der Waals surface area (Å²) in [5, 5.41) is 0. The highest BCUT2D eigenvalue weighted by atomic mass is 35.5. The Morgan fingerprint density at radius 3 is 2.92 bits per heavy atom. The quantitative estimate of drug-likeness (QED) is 0.755. The monoisotopic (exact) mass is 205 g/mol. The van der Waals surface area contributed by atoms with E-state index in [-0.39, 0.29) is 24.8 Å². The molecule has 1 aromatic heterocycles. The number of hydrogen-bond acceptors (Lipinski definition) is 4. The standard InChI is InChI=1S/C8H11NO3.ClH/c1-11-8(10)5-6(9)7-3-2-4-12-7;/h2-4,6H,5,9H2,1H3;1H. The molecule has 0 aliphatic heterocycles. The van der Waals surface area contributed by atoms with Crippen LogP contribution in [0, 0.1) is 0 Å². The molecule has 74 valence electrons. The summed E-state index contributed by atoms with van der Waals surface area (Å²) >= 11 is 0. The normalized spacial score (nSPS) is 11.5. The van der Waals surface area contributed by atoms with Crippen molar-refractivity contribution in [2.45, 2.75) is 12.5 Å². The molecule has 5 heteroatoms. The summed E-state index contributed by atoms with van der Waals surface area (Å²) in [4.78, 5) is 10.8. The van der Waals surface area contributed by atoms with Crippen LogP contribution in [0.15, 0.2) is 22.8 Å². The highest BCUT2D eigenvalue weighted by molar-refractivity contribution is 5.85. The summed E-state index contributed by atoms with van der Waals surface area (Å²) in [6, 6.07) is 3.05. The molecule has 0 spiro atoms. The van der Waals surface area contributed by atoms with Crippen LogP contribution in [0.5, 0.6) is 0 Å². The number of ether oxygens (including phenoxy) is 1. The van der Waals surface area contributed by atoms with Crippen LogP contribution in [0.4, 0.5) is 0 Å². The molecule has 1 aromatic rings. The Labute approximate surface area is 82.5 Å². The molecule has 4 nitrogen and oxygen atoms in total. The molecule has 0 aliphatic rings. The number of methoxy groups -OCH3 is 1. The lowest BCUT2D eigenvalue weighted by Crippen LogP contribution is -2.15. The van der Waals surface area contributed by atoms with Crippen molar-refractivity contribution in [3.05, 3.63) is 24.2 Å². The first kappa shape index (κ1) is 12.0. The van der Waals surface area contributed by atoms with Gasteiger partial charge >= 0.3 is 5.97 Å². The van der Waals surface area contributed by atoms with Crippen LogP contribution in [0.1, 0.15) is 18.2 Å². The summed E-state index contributed by atoms with van der Waals surface area (Å²) < 4.78 is 9.47. The highest BCUT2D eigenvalue weighted by Crippen LogP contribution is 2.14. The van der Waals surface area contributed by atoms with Crippen LogP contribution in [-0.4, -0.2) is 13.1 Å². The zero-order valence-corrected chi connectivity index (χ0v) is 8.04. The number of rotatable bonds is 3. The molecule has 0 saturated heterocycles. The zero-order chi connectivity index (χ0) is 8.97. The first-order chi connectivity index (χ1) is 5.74. The maximum Gasteiger partial charge on any atom is 0.307 e. The van der Waals surface area contributed by atoms with Crippen LogP contribution in [0.25, 0.3) is 0 Å². The Morgan fingerprint density at radius 1 is 1.77 bits per heavy atom. The van der Waals surface area contributed by atoms with E-state index in [9.17, 15) is 4.79 Å². The van der Waals surface area contributed by atoms with Gasteiger partial charge in [0, 0.05) is 0 Å². The first-order valence-electron chi connectivity index (χ1n) is 3.60. The van der Waals surface area contributed by atoms with Gasteiger partial charge in [-0.15, -0.1) is 12.4 Å². The van der Waals surface area contributed by atoms with Gasteiger partial charge in [-0.3, -0.25) is 4.79 Å². The maximum absolute atomic E-state index is 10.8.